The van der Waals surface area contributed by atoms with Gasteiger partial charge in [-0.15, -0.1) is 0 Å². The fourth-order valence-corrected chi connectivity index (χ4v) is 3.75. The van der Waals surface area contributed by atoms with Crippen molar-refractivity contribution >= 4 is 6.09 Å². The number of carbonyl (C=O) groups is 1. The molecule has 1 fully saturated rings. The first-order valence-corrected chi connectivity index (χ1v) is 10.00. The molecule has 0 spiro atoms. The fourth-order valence-electron chi connectivity index (χ4n) is 3.75. The first kappa shape index (κ1) is 20.9. The summed E-state index contributed by atoms with van der Waals surface area (Å²) in [5.41, 5.74) is 3.56. The third-order valence-corrected chi connectivity index (χ3v) is 5.15. The molecule has 7 nitrogen and oxygen atoms in total. The van der Waals surface area contributed by atoms with Gasteiger partial charge in [-0.2, -0.15) is 0 Å². The van der Waals surface area contributed by atoms with Crippen molar-refractivity contribution in [3.05, 3.63) is 63.1 Å². The van der Waals surface area contributed by atoms with E-state index in [9.17, 15) is 14.7 Å². The van der Waals surface area contributed by atoms with Crippen molar-refractivity contribution in [1.29, 1.82) is 0 Å². The van der Waals surface area contributed by atoms with Crippen LogP contribution < -0.4 is 5.56 Å². The van der Waals surface area contributed by atoms with Crippen LogP contribution in [-0.2, 0) is 17.8 Å². The number of aromatic hydroxyl groups is 1. The predicted molar refractivity (Wildman–Crippen MR) is 111 cm³/mol. The Morgan fingerprint density at radius 1 is 1.07 bits per heavy atom. The molecule has 0 atom stereocenters. The molecule has 1 N–H and O–H groups in total. The minimum absolute atomic E-state index is 0.204. The summed E-state index contributed by atoms with van der Waals surface area (Å²) in [6.07, 6.45) is 1.45. The summed E-state index contributed by atoms with van der Waals surface area (Å²) in [6, 6.07) is 7.99. The lowest BCUT2D eigenvalue weighted by Gasteiger charge is -2.34. The SMILES string of the molecule is CCOC(=O)N1CCN(Cc2ccn(Cc3cc(C)cc(C)c3)c(=O)c2O)CC1. The Kier molecular flexibility index (Phi) is 6.59. The van der Waals surface area contributed by atoms with Gasteiger partial charge in [0.25, 0.3) is 5.56 Å². The minimum atomic E-state index is -0.383. The number of aromatic nitrogens is 1. The molecule has 1 aliphatic rings. The molecule has 29 heavy (non-hydrogen) atoms. The van der Waals surface area contributed by atoms with Crippen molar-refractivity contribution in [3.63, 3.8) is 0 Å². The molecule has 1 amide bonds. The van der Waals surface area contributed by atoms with Crippen LogP contribution in [0, 0.1) is 13.8 Å². The van der Waals surface area contributed by atoms with Crippen LogP contribution in [0.3, 0.4) is 0 Å². The molecule has 1 aromatic carbocycles. The molecule has 0 radical (unpaired) electrons. The van der Waals surface area contributed by atoms with Gasteiger partial charge in [0.1, 0.15) is 0 Å². The van der Waals surface area contributed by atoms with Gasteiger partial charge < -0.3 is 19.3 Å². The number of hydrogen-bond acceptors (Lipinski definition) is 5. The maximum absolute atomic E-state index is 12.6. The van der Waals surface area contributed by atoms with E-state index >= 15 is 0 Å². The molecule has 1 aliphatic heterocycles. The molecule has 1 aromatic heterocycles. The number of piperazine rings is 1. The largest absolute Gasteiger partial charge is 0.503 e. The lowest BCUT2D eigenvalue weighted by molar-refractivity contribution is 0.0776. The summed E-state index contributed by atoms with van der Waals surface area (Å²) >= 11 is 0. The zero-order valence-electron chi connectivity index (χ0n) is 17.4. The van der Waals surface area contributed by atoms with Gasteiger partial charge in [0.05, 0.1) is 13.2 Å². The van der Waals surface area contributed by atoms with Crippen molar-refractivity contribution in [2.75, 3.05) is 32.8 Å². The van der Waals surface area contributed by atoms with E-state index < -0.39 is 0 Å². The Morgan fingerprint density at radius 2 is 1.72 bits per heavy atom. The van der Waals surface area contributed by atoms with Crippen LogP contribution >= 0.6 is 0 Å². The highest BCUT2D eigenvalue weighted by Gasteiger charge is 2.23. The van der Waals surface area contributed by atoms with Crippen LogP contribution in [0.25, 0.3) is 0 Å². The maximum Gasteiger partial charge on any atom is 0.409 e. The number of ether oxygens (including phenoxy) is 1. The highest BCUT2D eigenvalue weighted by atomic mass is 16.6. The predicted octanol–water partition coefficient (Wildman–Crippen LogP) is 2.49. The van der Waals surface area contributed by atoms with Gasteiger partial charge in [-0.25, -0.2) is 4.79 Å². The lowest BCUT2D eigenvalue weighted by Crippen LogP contribution is -2.48. The lowest BCUT2D eigenvalue weighted by atomic mass is 10.1. The van der Waals surface area contributed by atoms with Crippen molar-refractivity contribution in [2.45, 2.75) is 33.9 Å². The minimum Gasteiger partial charge on any atom is -0.503 e. The molecule has 2 aromatic rings. The Bertz CT molecular complexity index is 910. The normalized spacial score (nSPS) is 14.8. The Labute approximate surface area is 171 Å². The van der Waals surface area contributed by atoms with Gasteiger partial charge in [-0.3, -0.25) is 9.69 Å². The zero-order valence-corrected chi connectivity index (χ0v) is 17.4. The average molecular weight is 399 g/mol. The molecule has 156 valence electrons. The van der Waals surface area contributed by atoms with E-state index in [1.165, 1.54) is 4.57 Å². The Hall–Kier alpha value is -2.80. The van der Waals surface area contributed by atoms with Crippen LogP contribution in [0.15, 0.2) is 35.3 Å². The molecule has 0 saturated carbocycles. The van der Waals surface area contributed by atoms with E-state index in [-0.39, 0.29) is 17.4 Å². The van der Waals surface area contributed by atoms with Crippen LogP contribution in [0.1, 0.15) is 29.2 Å². The Balaban J connectivity index is 1.66. The fraction of sp³-hybridized carbons (Fsp3) is 0.455. The third-order valence-electron chi connectivity index (χ3n) is 5.15. The van der Waals surface area contributed by atoms with E-state index in [2.05, 4.69) is 11.0 Å². The summed E-state index contributed by atoms with van der Waals surface area (Å²) in [5, 5.41) is 10.5. The van der Waals surface area contributed by atoms with Crippen LogP contribution in [0.4, 0.5) is 4.79 Å². The third kappa shape index (κ3) is 5.17. The second-order valence-corrected chi connectivity index (χ2v) is 7.58. The molecule has 0 bridgehead atoms. The summed E-state index contributed by atoms with van der Waals surface area (Å²) in [6.45, 7) is 9.60. The highest BCUT2D eigenvalue weighted by Crippen LogP contribution is 2.17. The maximum atomic E-state index is 12.6. The molecule has 2 heterocycles. The van der Waals surface area contributed by atoms with Gasteiger partial charge in [0, 0.05) is 44.5 Å². The van der Waals surface area contributed by atoms with Gasteiger partial charge in [0.15, 0.2) is 5.75 Å². The van der Waals surface area contributed by atoms with Crippen molar-refractivity contribution in [3.8, 4) is 5.75 Å². The summed E-state index contributed by atoms with van der Waals surface area (Å²) in [5.74, 6) is -0.204. The second kappa shape index (κ2) is 9.13. The first-order valence-electron chi connectivity index (χ1n) is 10.00. The van der Waals surface area contributed by atoms with Gasteiger partial charge in [0.2, 0.25) is 0 Å². The quantitative estimate of drug-likeness (QED) is 0.836. The highest BCUT2D eigenvalue weighted by molar-refractivity contribution is 5.67. The number of nitrogens with zero attached hydrogens (tertiary/aromatic N) is 3. The zero-order chi connectivity index (χ0) is 21.0. The number of aryl methyl sites for hydroxylation is 2. The topological polar surface area (TPSA) is 75.0 Å². The molecular formula is C22H29N3O4. The van der Waals surface area contributed by atoms with E-state index in [1.54, 1.807) is 24.1 Å². The van der Waals surface area contributed by atoms with E-state index in [1.807, 2.05) is 26.0 Å². The monoisotopic (exact) mass is 399 g/mol. The first-order chi connectivity index (χ1) is 13.9. The number of carbonyl (C=O) groups excluding carboxylic acids is 1. The summed E-state index contributed by atoms with van der Waals surface area (Å²) in [7, 11) is 0. The number of hydrogen-bond donors (Lipinski definition) is 1. The van der Waals surface area contributed by atoms with Crippen LogP contribution in [0.5, 0.6) is 5.75 Å². The smallest absolute Gasteiger partial charge is 0.409 e. The number of rotatable bonds is 5. The van der Waals surface area contributed by atoms with E-state index in [0.29, 0.717) is 51.4 Å². The van der Waals surface area contributed by atoms with E-state index in [0.717, 1.165) is 16.7 Å². The molecular weight excluding hydrogens is 370 g/mol. The van der Waals surface area contributed by atoms with Crippen molar-refractivity contribution in [1.82, 2.24) is 14.4 Å². The average Bonchev–Trinajstić information content (AvgIpc) is 2.68. The standard InChI is InChI=1S/C22H29N3O4/c1-4-29-22(28)24-9-7-23(8-10-24)15-19-5-6-25(21(27)20(19)26)14-18-12-16(2)11-17(3)13-18/h5-6,11-13,26H,4,7-10,14-15H2,1-3H3. The molecule has 7 heteroatoms. The van der Waals surface area contributed by atoms with Crippen LogP contribution in [-0.4, -0.2) is 58.4 Å². The summed E-state index contributed by atoms with van der Waals surface area (Å²) < 4.78 is 6.56. The second-order valence-electron chi connectivity index (χ2n) is 7.58. The van der Waals surface area contributed by atoms with Crippen molar-refractivity contribution < 1.29 is 14.6 Å². The van der Waals surface area contributed by atoms with Gasteiger partial charge in [-0.1, -0.05) is 29.3 Å². The molecule has 0 aliphatic carbocycles. The number of amides is 1. The number of pyridine rings is 1. The van der Waals surface area contributed by atoms with Crippen molar-refractivity contribution in [2.24, 2.45) is 0 Å². The van der Waals surface area contributed by atoms with Crippen LogP contribution in [0.2, 0.25) is 0 Å². The molecule has 1 saturated heterocycles. The molecule has 3 rings (SSSR count). The van der Waals surface area contributed by atoms with Gasteiger partial charge in [-0.05, 0) is 32.4 Å². The molecule has 0 unspecified atom stereocenters. The van der Waals surface area contributed by atoms with E-state index in [4.69, 9.17) is 4.74 Å². The number of benzene rings is 1. The Morgan fingerprint density at radius 3 is 2.34 bits per heavy atom. The van der Waals surface area contributed by atoms with Gasteiger partial charge >= 0.3 is 6.09 Å². The summed E-state index contributed by atoms with van der Waals surface area (Å²) in [4.78, 5) is 28.2.